The fourth-order valence-electron chi connectivity index (χ4n) is 7.45. The van der Waals surface area contributed by atoms with Crippen LogP contribution in [0.2, 0.25) is 0 Å². The standard InChI is InChI=1S/2C20H13NO5.2ClH.Pt/c2*21-10-1-4-14-13(7-10)19(24)26-20(14)15-5-2-11(22)8-17(15)25-18-9-12(23)3-6-16(18)20;;;/h2*1-9,22-23H,21H2;2*1H;/q;;;;+2/p-2. The van der Waals surface area contributed by atoms with Crippen LogP contribution in [0.15, 0.2) is 109 Å². The summed E-state index contributed by atoms with van der Waals surface area (Å²) in [5.41, 5.74) is 14.5. The number of esters is 2. The summed E-state index contributed by atoms with van der Waals surface area (Å²) >= 11 is -0.472. The number of halogens is 2. The third-order valence-electron chi connectivity index (χ3n) is 9.60. The van der Waals surface area contributed by atoms with Crippen molar-refractivity contribution in [1.82, 2.24) is 0 Å². The van der Waals surface area contributed by atoms with E-state index in [2.05, 4.69) is 0 Å². The Morgan fingerprint density at radius 3 is 1.02 bits per heavy atom. The molecule has 12 nitrogen and oxygen atoms in total. The van der Waals surface area contributed by atoms with Gasteiger partial charge in [-0.05, 0) is 72.8 Å². The van der Waals surface area contributed by atoms with Crippen molar-refractivity contribution >= 4 is 42.1 Å². The van der Waals surface area contributed by atoms with Crippen LogP contribution in [0.5, 0.6) is 46.0 Å². The van der Waals surface area contributed by atoms with Gasteiger partial charge in [0.25, 0.3) is 0 Å². The zero-order chi connectivity index (χ0) is 38.8. The molecule has 0 atom stereocenters. The summed E-state index contributed by atoms with van der Waals surface area (Å²) in [6.07, 6.45) is 0. The Balaban J connectivity index is 0.000000145. The van der Waals surface area contributed by atoms with Crippen molar-refractivity contribution in [2.45, 2.75) is 11.2 Å². The Morgan fingerprint density at radius 2 is 0.727 bits per heavy atom. The summed E-state index contributed by atoms with van der Waals surface area (Å²) in [6, 6.07) is 28.6. The zero-order valence-electron chi connectivity index (χ0n) is 27.9. The number of carbonyl (C=O) groups is 2. The van der Waals surface area contributed by atoms with Gasteiger partial charge in [-0.15, -0.1) is 0 Å². The van der Waals surface area contributed by atoms with Crippen LogP contribution in [0, 0.1) is 0 Å². The second-order valence-electron chi connectivity index (χ2n) is 12.7. The number of phenolic OH excluding ortho intramolecular Hbond substituents is 4. The minimum absolute atomic E-state index is 0.0179. The Labute approximate surface area is 328 Å². The van der Waals surface area contributed by atoms with Crippen LogP contribution in [0.1, 0.15) is 54.1 Å². The molecular formula is C40H26Cl2N2O10Pt. The third kappa shape index (κ3) is 5.64. The molecule has 10 rings (SSSR count). The first-order valence-corrected chi connectivity index (χ1v) is 21.8. The Hall–Kier alpha value is -6.07. The van der Waals surface area contributed by atoms with Gasteiger partial charge >= 0.3 is 47.3 Å². The van der Waals surface area contributed by atoms with E-state index in [4.69, 9.17) is 49.3 Å². The predicted molar refractivity (Wildman–Crippen MR) is 197 cm³/mol. The molecule has 0 bridgehead atoms. The number of nitrogen functional groups attached to an aromatic ring is 2. The molecule has 0 saturated carbocycles. The maximum atomic E-state index is 12.6. The molecule has 6 aromatic rings. The number of hydrogen-bond acceptors (Lipinski definition) is 12. The van der Waals surface area contributed by atoms with Crippen LogP contribution < -0.4 is 20.9 Å². The van der Waals surface area contributed by atoms with Gasteiger partial charge in [0.15, 0.2) is 11.2 Å². The van der Waals surface area contributed by atoms with Gasteiger partial charge in [-0.1, -0.05) is 12.1 Å². The molecule has 4 aliphatic heterocycles. The average Bonchev–Trinajstić information content (AvgIpc) is 3.58. The minimum atomic E-state index is -1.23. The Bertz CT molecular complexity index is 2320. The summed E-state index contributed by atoms with van der Waals surface area (Å²) in [6.45, 7) is 0. The van der Waals surface area contributed by atoms with Gasteiger partial charge in [-0.3, -0.25) is 0 Å². The van der Waals surface area contributed by atoms with Gasteiger partial charge < -0.3 is 50.8 Å². The molecule has 4 heterocycles. The normalized spacial score (nSPS) is 15.2. The number of fused-ring (bicyclic) bond motifs is 12. The van der Waals surface area contributed by atoms with E-state index < -0.39 is 39.6 Å². The number of carbonyl (C=O) groups excluding carboxylic acids is 2. The van der Waals surface area contributed by atoms with Crippen LogP contribution in [-0.4, -0.2) is 32.4 Å². The fraction of sp³-hybridized carbons (Fsp3) is 0.0500. The number of phenols is 4. The maximum absolute atomic E-state index is 12.6. The van der Waals surface area contributed by atoms with E-state index in [9.17, 15) is 30.0 Å². The monoisotopic (exact) mass is 959 g/mol. The van der Waals surface area contributed by atoms with Crippen molar-refractivity contribution in [3.63, 3.8) is 0 Å². The molecule has 0 fully saturated rings. The van der Waals surface area contributed by atoms with Crippen molar-refractivity contribution in [2.24, 2.45) is 0 Å². The van der Waals surface area contributed by atoms with Gasteiger partial charge in [0.05, 0.1) is 11.1 Å². The van der Waals surface area contributed by atoms with Crippen LogP contribution in [0.3, 0.4) is 0 Å². The van der Waals surface area contributed by atoms with Gasteiger partial charge in [0.1, 0.15) is 46.0 Å². The van der Waals surface area contributed by atoms with Crippen molar-refractivity contribution in [2.75, 3.05) is 11.5 Å². The SMILES string of the molecule is Nc1ccc2c(c1)C(=O)OC21c2ccc(O)cc2Oc2cc(O)ccc21.Nc1ccc2c(c1)C(=O)OC21c2ccc(O)cc2Oc2cc(O)ccc21.[Cl][Pt][Cl]. The number of anilines is 2. The molecule has 0 aliphatic carbocycles. The van der Waals surface area contributed by atoms with Crippen molar-refractivity contribution in [3.8, 4) is 46.0 Å². The number of benzene rings is 6. The molecule has 280 valence electrons. The molecule has 0 radical (unpaired) electrons. The Kier molecular flexibility index (Phi) is 8.72. The van der Waals surface area contributed by atoms with Crippen LogP contribution in [0.25, 0.3) is 0 Å². The predicted octanol–water partition coefficient (Wildman–Crippen LogP) is 7.87. The second-order valence-corrected chi connectivity index (χ2v) is 16.0. The first-order valence-electron chi connectivity index (χ1n) is 16.2. The van der Waals surface area contributed by atoms with E-state index in [1.807, 2.05) is 0 Å². The summed E-state index contributed by atoms with van der Waals surface area (Å²) < 4.78 is 23.5. The van der Waals surface area contributed by atoms with E-state index in [0.29, 0.717) is 78.9 Å². The van der Waals surface area contributed by atoms with Crippen LogP contribution >= 0.6 is 18.8 Å². The number of nitrogens with two attached hydrogens (primary N) is 2. The molecule has 2 spiro atoms. The zero-order valence-corrected chi connectivity index (χ0v) is 31.6. The number of ether oxygens (including phenoxy) is 4. The van der Waals surface area contributed by atoms with Crippen LogP contribution in [-0.2, 0) is 37.2 Å². The number of aromatic hydroxyl groups is 4. The summed E-state index contributed by atoms with van der Waals surface area (Å²) in [5, 5.41) is 39.4. The Morgan fingerprint density at radius 1 is 0.455 bits per heavy atom. The average molecular weight is 961 g/mol. The van der Waals surface area contributed by atoms with Gasteiger partial charge in [-0.25, -0.2) is 9.59 Å². The third-order valence-corrected chi connectivity index (χ3v) is 9.60. The van der Waals surface area contributed by atoms with Crippen molar-refractivity contribution in [3.05, 3.63) is 154 Å². The quantitative estimate of drug-likeness (QED) is 0.0636. The van der Waals surface area contributed by atoms with Gasteiger partial charge in [-0.2, -0.15) is 0 Å². The molecule has 0 unspecified atom stereocenters. The van der Waals surface area contributed by atoms with Crippen LogP contribution in [0.4, 0.5) is 11.4 Å². The van der Waals surface area contributed by atoms with E-state index in [1.54, 1.807) is 60.7 Å². The number of hydrogen-bond donors (Lipinski definition) is 6. The first-order chi connectivity index (χ1) is 26.4. The van der Waals surface area contributed by atoms with Crippen molar-refractivity contribution in [1.29, 1.82) is 0 Å². The van der Waals surface area contributed by atoms with E-state index >= 15 is 0 Å². The molecule has 15 heteroatoms. The molecule has 55 heavy (non-hydrogen) atoms. The molecular weight excluding hydrogens is 934 g/mol. The van der Waals surface area contributed by atoms with E-state index in [-0.39, 0.29) is 23.0 Å². The summed E-state index contributed by atoms with van der Waals surface area (Å²) in [7, 11) is 9.75. The van der Waals surface area contributed by atoms with Gasteiger partial charge in [0.2, 0.25) is 0 Å². The van der Waals surface area contributed by atoms with E-state index in [0.717, 1.165) is 0 Å². The molecule has 4 aliphatic rings. The first kappa shape index (κ1) is 35.9. The van der Waals surface area contributed by atoms with E-state index in [1.165, 1.54) is 48.5 Å². The summed E-state index contributed by atoms with van der Waals surface area (Å²) in [5.74, 6) is 0.476. The van der Waals surface area contributed by atoms with Crippen molar-refractivity contribution < 1.29 is 65.4 Å². The molecule has 0 aromatic heterocycles. The number of rotatable bonds is 0. The molecule has 8 N–H and O–H groups in total. The molecule has 0 saturated heterocycles. The molecule has 6 aromatic carbocycles. The summed E-state index contributed by atoms with van der Waals surface area (Å²) in [4.78, 5) is 25.3. The second kappa shape index (κ2) is 13.3. The van der Waals surface area contributed by atoms with Gasteiger partial charge in [0, 0.05) is 69.0 Å². The topological polar surface area (TPSA) is 204 Å². The fourth-order valence-corrected chi connectivity index (χ4v) is 7.45. The molecule has 0 amide bonds.